The molecule has 2 N–H and O–H groups in total. The summed E-state index contributed by atoms with van der Waals surface area (Å²) in [6, 6.07) is 8.08. The van der Waals surface area contributed by atoms with Crippen molar-refractivity contribution < 1.29 is 17.2 Å². The van der Waals surface area contributed by atoms with Crippen LogP contribution in [0.4, 0.5) is 14.5 Å². The minimum absolute atomic E-state index is 0.197. The zero-order valence-corrected chi connectivity index (χ0v) is 11.5. The first-order valence-corrected chi connectivity index (χ1v) is 7.45. The van der Waals surface area contributed by atoms with Gasteiger partial charge in [0.05, 0.1) is 21.9 Å². The minimum atomic E-state index is -3.82. The Balaban J connectivity index is 2.40. The SMILES string of the molecule is N#Cc1cc(CS(=O)(=O)c2ccc(F)cc2N)ccc1F. The number of halogens is 2. The van der Waals surface area contributed by atoms with E-state index in [1.807, 2.05) is 0 Å². The van der Waals surface area contributed by atoms with Gasteiger partial charge in [-0.05, 0) is 35.9 Å². The van der Waals surface area contributed by atoms with Crippen molar-refractivity contribution in [2.24, 2.45) is 0 Å². The lowest BCUT2D eigenvalue weighted by atomic mass is 10.1. The molecule has 21 heavy (non-hydrogen) atoms. The molecule has 0 heterocycles. The molecule has 0 spiro atoms. The van der Waals surface area contributed by atoms with Gasteiger partial charge in [-0.3, -0.25) is 0 Å². The van der Waals surface area contributed by atoms with Crippen LogP contribution in [0.2, 0.25) is 0 Å². The van der Waals surface area contributed by atoms with E-state index >= 15 is 0 Å². The number of nitriles is 1. The van der Waals surface area contributed by atoms with Crippen LogP contribution in [0.25, 0.3) is 0 Å². The third kappa shape index (κ3) is 3.17. The lowest BCUT2D eigenvalue weighted by Gasteiger charge is -2.08. The molecule has 108 valence electrons. The summed E-state index contributed by atoms with van der Waals surface area (Å²) in [5.41, 5.74) is 5.32. The van der Waals surface area contributed by atoms with E-state index in [4.69, 9.17) is 11.0 Å². The number of nitrogen functional groups attached to an aromatic ring is 1. The lowest BCUT2D eigenvalue weighted by Crippen LogP contribution is -2.08. The fourth-order valence-corrected chi connectivity index (χ4v) is 3.31. The predicted molar refractivity (Wildman–Crippen MR) is 72.8 cm³/mol. The Morgan fingerprint density at radius 2 is 1.86 bits per heavy atom. The summed E-state index contributed by atoms with van der Waals surface area (Å²) in [6.07, 6.45) is 0. The molecule has 2 rings (SSSR count). The third-order valence-corrected chi connectivity index (χ3v) is 4.57. The van der Waals surface area contributed by atoms with Crippen molar-refractivity contribution in [2.45, 2.75) is 10.6 Å². The van der Waals surface area contributed by atoms with Gasteiger partial charge in [0, 0.05) is 0 Å². The number of benzene rings is 2. The summed E-state index contributed by atoms with van der Waals surface area (Å²) in [5.74, 6) is -1.82. The van der Waals surface area contributed by atoms with Crippen molar-refractivity contribution in [3.8, 4) is 6.07 Å². The molecular weight excluding hydrogens is 298 g/mol. The fourth-order valence-electron chi connectivity index (χ4n) is 1.85. The highest BCUT2D eigenvalue weighted by atomic mass is 32.2. The summed E-state index contributed by atoms with van der Waals surface area (Å²) in [7, 11) is -3.82. The molecule has 0 aromatic heterocycles. The standard InChI is InChI=1S/C14H10F2N2O2S/c15-11-2-4-14(13(18)6-11)21(19,20)8-9-1-3-12(16)10(5-9)7-17/h1-6H,8,18H2. The largest absolute Gasteiger partial charge is 0.398 e. The van der Waals surface area contributed by atoms with Crippen LogP contribution < -0.4 is 5.73 Å². The van der Waals surface area contributed by atoms with E-state index in [-0.39, 0.29) is 21.7 Å². The van der Waals surface area contributed by atoms with Crippen LogP contribution in [-0.4, -0.2) is 8.42 Å². The van der Waals surface area contributed by atoms with Crippen LogP contribution in [0.1, 0.15) is 11.1 Å². The molecule has 0 saturated carbocycles. The van der Waals surface area contributed by atoms with Gasteiger partial charge in [0.2, 0.25) is 0 Å². The van der Waals surface area contributed by atoms with E-state index in [0.29, 0.717) is 0 Å². The molecule has 0 aliphatic heterocycles. The van der Waals surface area contributed by atoms with Gasteiger partial charge in [0.1, 0.15) is 17.7 Å². The molecule has 0 aliphatic rings. The molecule has 0 fully saturated rings. The molecule has 0 bridgehead atoms. The number of nitrogens with zero attached hydrogens (tertiary/aromatic N) is 1. The smallest absolute Gasteiger partial charge is 0.184 e. The maximum absolute atomic E-state index is 13.2. The fraction of sp³-hybridized carbons (Fsp3) is 0.0714. The Morgan fingerprint density at radius 3 is 2.48 bits per heavy atom. The Bertz CT molecular complexity index is 843. The average molecular weight is 308 g/mol. The van der Waals surface area contributed by atoms with Gasteiger partial charge in [0.25, 0.3) is 0 Å². The van der Waals surface area contributed by atoms with E-state index in [0.717, 1.165) is 30.3 Å². The molecule has 0 saturated heterocycles. The van der Waals surface area contributed by atoms with Crippen LogP contribution in [0.15, 0.2) is 41.3 Å². The van der Waals surface area contributed by atoms with Crippen molar-refractivity contribution in [1.82, 2.24) is 0 Å². The predicted octanol–water partition coefficient (Wildman–Crippen LogP) is 2.39. The van der Waals surface area contributed by atoms with Gasteiger partial charge in [-0.2, -0.15) is 5.26 Å². The summed E-state index contributed by atoms with van der Waals surface area (Å²) in [6.45, 7) is 0. The molecule has 4 nitrogen and oxygen atoms in total. The maximum atomic E-state index is 13.2. The van der Waals surface area contributed by atoms with Crippen molar-refractivity contribution in [3.05, 3.63) is 59.2 Å². The third-order valence-electron chi connectivity index (χ3n) is 2.81. The van der Waals surface area contributed by atoms with E-state index in [2.05, 4.69) is 0 Å². The monoisotopic (exact) mass is 308 g/mol. The molecule has 7 heteroatoms. The summed E-state index contributed by atoms with van der Waals surface area (Å²) < 4.78 is 50.6. The summed E-state index contributed by atoms with van der Waals surface area (Å²) >= 11 is 0. The normalized spacial score (nSPS) is 11.1. The highest BCUT2D eigenvalue weighted by Crippen LogP contribution is 2.24. The quantitative estimate of drug-likeness (QED) is 0.697. The number of sulfone groups is 1. The molecule has 0 aliphatic carbocycles. The van der Waals surface area contributed by atoms with Crippen LogP contribution in [0, 0.1) is 23.0 Å². The van der Waals surface area contributed by atoms with E-state index in [1.54, 1.807) is 6.07 Å². The number of anilines is 1. The Hall–Kier alpha value is -2.46. The number of nitrogens with two attached hydrogens (primary N) is 1. The molecule has 0 radical (unpaired) electrons. The lowest BCUT2D eigenvalue weighted by molar-refractivity contribution is 0.594. The first kappa shape index (κ1) is 14.9. The van der Waals surface area contributed by atoms with Gasteiger partial charge >= 0.3 is 0 Å². The second-order valence-corrected chi connectivity index (χ2v) is 6.33. The van der Waals surface area contributed by atoms with Crippen molar-refractivity contribution >= 4 is 15.5 Å². The highest BCUT2D eigenvalue weighted by Gasteiger charge is 2.19. The molecule has 0 amide bonds. The average Bonchev–Trinajstić information content (AvgIpc) is 2.40. The topological polar surface area (TPSA) is 84.0 Å². The van der Waals surface area contributed by atoms with Gasteiger partial charge in [0.15, 0.2) is 9.84 Å². The second kappa shape index (κ2) is 5.50. The molecule has 0 atom stereocenters. The van der Waals surface area contributed by atoms with Crippen LogP contribution in [-0.2, 0) is 15.6 Å². The van der Waals surface area contributed by atoms with E-state index in [9.17, 15) is 17.2 Å². The Kier molecular flexibility index (Phi) is 3.91. The molecule has 2 aromatic rings. The van der Waals surface area contributed by atoms with Gasteiger partial charge in [-0.1, -0.05) is 6.07 Å². The van der Waals surface area contributed by atoms with Crippen LogP contribution >= 0.6 is 0 Å². The zero-order valence-electron chi connectivity index (χ0n) is 10.7. The first-order chi connectivity index (χ1) is 9.83. The highest BCUT2D eigenvalue weighted by molar-refractivity contribution is 7.90. The van der Waals surface area contributed by atoms with E-state index in [1.165, 1.54) is 6.07 Å². The van der Waals surface area contributed by atoms with Crippen molar-refractivity contribution in [2.75, 3.05) is 5.73 Å². The number of rotatable bonds is 3. The van der Waals surface area contributed by atoms with Gasteiger partial charge in [-0.15, -0.1) is 0 Å². The van der Waals surface area contributed by atoms with Crippen molar-refractivity contribution in [3.63, 3.8) is 0 Å². The second-order valence-electron chi connectivity index (χ2n) is 4.37. The molecular formula is C14H10F2N2O2S. The van der Waals surface area contributed by atoms with Crippen LogP contribution in [0.3, 0.4) is 0 Å². The van der Waals surface area contributed by atoms with Gasteiger partial charge < -0.3 is 5.73 Å². The minimum Gasteiger partial charge on any atom is -0.398 e. The van der Waals surface area contributed by atoms with Crippen LogP contribution in [0.5, 0.6) is 0 Å². The summed E-state index contributed by atoms with van der Waals surface area (Å²) in [5, 5.41) is 8.73. The van der Waals surface area contributed by atoms with Crippen molar-refractivity contribution in [1.29, 1.82) is 5.26 Å². The Labute approximate surface area is 120 Å². The summed E-state index contributed by atoms with van der Waals surface area (Å²) in [4.78, 5) is -0.202. The first-order valence-electron chi connectivity index (χ1n) is 5.80. The maximum Gasteiger partial charge on any atom is 0.184 e. The number of hydrogen-bond acceptors (Lipinski definition) is 4. The number of hydrogen-bond donors (Lipinski definition) is 1. The molecule has 0 unspecified atom stereocenters. The zero-order chi connectivity index (χ0) is 15.6. The molecule has 2 aromatic carbocycles. The van der Waals surface area contributed by atoms with Gasteiger partial charge in [-0.25, -0.2) is 17.2 Å². The van der Waals surface area contributed by atoms with E-state index < -0.39 is 27.2 Å². The Morgan fingerprint density at radius 1 is 1.14 bits per heavy atom.